The molecule has 0 saturated carbocycles. The number of nitrogens with zero attached hydrogens (tertiary/aromatic N) is 1. The zero-order chi connectivity index (χ0) is 21.2. The molecule has 1 aliphatic heterocycles. The fraction of sp³-hybridized carbons (Fsp3) is 0.250. The lowest BCUT2D eigenvalue weighted by Gasteiger charge is -2.20. The minimum absolute atomic E-state index is 0.0645. The van der Waals surface area contributed by atoms with Crippen LogP contribution in [-0.2, 0) is 20.6 Å². The monoisotopic (exact) mass is 405 g/mol. The molecule has 2 atom stereocenters. The number of hydrogen-bond acceptors (Lipinski definition) is 3. The number of carbonyl (C=O) groups excluding carboxylic acids is 3. The van der Waals surface area contributed by atoms with Crippen molar-refractivity contribution < 1.29 is 27.6 Å². The van der Waals surface area contributed by atoms with Crippen LogP contribution in [0.3, 0.4) is 0 Å². The summed E-state index contributed by atoms with van der Waals surface area (Å²) in [5.74, 6) is -2.62. The van der Waals surface area contributed by atoms with E-state index in [4.69, 9.17) is 5.73 Å². The number of anilines is 1. The molecular formula is C20H18F3N3O3. The molecule has 9 heteroatoms. The van der Waals surface area contributed by atoms with Gasteiger partial charge in [-0.05, 0) is 23.8 Å². The molecule has 3 N–H and O–H groups in total. The lowest BCUT2D eigenvalue weighted by Crippen LogP contribution is -2.41. The lowest BCUT2D eigenvalue weighted by atomic mass is 10.0. The number of carbonyl (C=O) groups is 3. The first-order chi connectivity index (χ1) is 13.7. The number of benzene rings is 2. The summed E-state index contributed by atoms with van der Waals surface area (Å²) < 4.78 is 38.8. The van der Waals surface area contributed by atoms with Crippen molar-refractivity contribution in [3.63, 3.8) is 0 Å². The molecule has 1 saturated heterocycles. The van der Waals surface area contributed by atoms with Gasteiger partial charge in [-0.15, -0.1) is 0 Å². The molecule has 1 fully saturated rings. The molecule has 6 nitrogen and oxygen atoms in total. The third-order valence-electron chi connectivity index (χ3n) is 4.69. The van der Waals surface area contributed by atoms with Crippen molar-refractivity contribution >= 4 is 23.4 Å². The number of amides is 3. The normalized spacial score (nSPS) is 17.8. The maximum absolute atomic E-state index is 12.9. The predicted molar refractivity (Wildman–Crippen MR) is 98.4 cm³/mol. The van der Waals surface area contributed by atoms with Crippen LogP contribution < -0.4 is 16.0 Å². The van der Waals surface area contributed by atoms with Crippen LogP contribution in [0.2, 0.25) is 0 Å². The Hall–Kier alpha value is -3.36. The van der Waals surface area contributed by atoms with E-state index in [1.165, 1.54) is 12.1 Å². The summed E-state index contributed by atoms with van der Waals surface area (Å²) in [5.41, 5.74) is 5.06. The van der Waals surface area contributed by atoms with Crippen LogP contribution in [0.4, 0.5) is 18.9 Å². The molecule has 0 radical (unpaired) electrons. The van der Waals surface area contributed by atoms with Crippen LogP contribution in [0.25, 0.3) is 0 Å². The summed E-state index contributed by atoms with van der Waals surface area (Å²) in [6.45, 7) is -0.0910. The van der Waals surface area contributed by atoms with E-state index in [0.717, 1.165) is 17.0 Å². The molecule has 0 spiro atoms. The van der Waals surface area contributed by atoms with Crippen LogP contribution in [0.15, 0.2) is 54.6 Å². The van der Waals surface area contributed by atoms with Crippen molar-refractivity contribution in [1.29, 1.82) is 0 Å². The summed E-state index contributed by atoms with van der Waals surface area (Å²) in [6, 6.07) is 11.7. The van der Waals surface area contributed by atoms with Gasteiger partial charge >= 0.3 is 6.18 Å². The number of rotatable bonds is 5. The van der Waals surface area contributed by atoms with Gasteiger partial charge in [0.25, 0.3) is 0 Å². The topological polar surface area (TPSA) is 92.5 Å². The van der Waals surface area contributed by atoms with Crippen molar-refractivity contribution in [3.8, 4) is 0 Å². The molecule has 1 heterocycles. The molecule has 1 aliphatic rings. The second-order valence-corrected chi connectivity index (χ2v) is 6.71. The Bertz CT molecular complexity index is 931. The largest absolute Gasteiger partial charge is 0.416 e. The van der Waals surface area contributed by atoms with E-state index in [2.05, 4.69) is 5.32 Å². The molecule has 3 amide bonds. The van der Waals surface area contributed by atoms with Gasteiger partial charge in [-0.25, -0.2) is 0 Å². The zero-order valence-electron chi connectivity index (χ0n) is 15.1. The summed E-state index contributed by atoms with van der Waals surface area (Å²) >= 11 is 0. The number of alkyl halides is 3. The average molecular weight is 405 g/mol. The molecule has 0 aromatic heterocycles. The Kier molecular flexibility index (Phi) is 5.58. The Labute approximate surface area is 164 Å². The first-order valence-electron chi connectivity index (χ1n) is 8.79. The van der Waals surface area contributed by atoms with Crippen LogP contribution >= 0.6 is 0 Å². The van der Waals surface area contributed by atoms with Gasteiger partial charge in [0.15, 0.2) is 0 Å². The summed E-state index contributed by atoms with van der Waals surface area (Å²) in [5, 5.41) is 2.53. The van der Waals surface area contributed by atoms with Crippen LogP contribution in [0.1, 0.15) is 23.6 Å². The van der Waals surface area contributed by atoms with Crippen LogP contribution in [-0.4, -0.2) is 24.3 Å². The quantitative estimate of drug-likeness (QED) is 0.800. The van der Waals surface area contributed by atoms with Crippen molar-refractivity contribution in [3.05, 3.63) is 65.7 Å². The summed E-state index contributed by atoms with van der Waals surface area (Å²) in [7, 11) is 0. The van der Waals surface area contributed by atoms with Gasteiger partial charge in [0, 0.05) is 18.7 Å². The standard InChI is InChI=1S/C20H18F3N3O3/c21-20(22,23)14-7-4-8-15(10-14)26-11-13(9-16(26)27)19(29)25-17(18(24)28)12-5-2-1-3-6-12/h1-8,10,13,17H,9,11H2,(H2,24,28)(H,25,29). The van der Waals surface area contributed by atoms with Gasteiger partial charge in [-0.1, -0.05) is 36.4 Å². The van der Waals surface area contributed by atoms with Crippen molar-refractivity contribution in [2.45, 2.75) is 18.6 Å². The number of primary amides is 1. The fourth-order valence-corrected chi connectivity index (χ4v) is 3.21. The number of hydrogen-bond donors (Lipinski definition) is 2. The van der Waals surface area contributed by atoms with E-state index in [1.807, 2.05) is 0 Å². The predicted octanol–water partition coefficient (Wildman–Crippen LogP) is 2.40. The van der Waals surface area contributed by atoms with Crippen LogP contribution in [0, 0.1) is 5.92 Å². The SMILES string of the molecule is NC(=O)C(NC(=O)C1CC(=O)N(c2cccc(C(F)(F)F)c2)C1)c1ccccc1. The molecule has 3 rings (SSSR count). The van der Waals surface area contributed by atoms with Gasteiger partial charge < -0.3 is 16.0 Å². The molecule has 2 unspecified atom stereocenters. The maximum atomic E-state index is 12.9. The number of halogens is 3. The Morgan fingerprint density at radius 3 is 2.41 bits per heavy atom. The maximum Gasteiger partial charge on any atom is 0.416 e. The number of nitrogens with two attached hydrogens (primary N) is 1. The Morgan fingerprint density at radius 2 is 1.79 bits per heavy atom. The molecule has 0 aliphatic carbocycles. The highest BCUT2D eigenvalue weighted by molar-refractivity contribution is 6.01. The summed E-state index contributed by atoms with van der Waals surface area (Å²) in [6.07, 6.45) is -4.72. The minimum Gasteiger partial charge on any atom is -0.368 e. The van der Waals surface area contributed by atoms with Gasteiger partial charge in [0.2, 0.25) is 17.7 Å². The molecular weight excluding hydrogens is 387 g/mol. The third-order valence-corrected chi connectivity index (χ3v) is 4.69. The van der Waals surface area contributed by atoms with Crippen molar-refractivity contribution in [1.82, 2.24) is 5.32 Å². The smallest absolute Gasteiger partial charge is 0.368 e. The molecule has 0 bridgehead atoms. The van der Waals surface area contributed by atoms with E-state index in [0.29, 0.717) is 5.56 Å². The molecule has 2 aromatic rings. The van der Waals surface area contributed by atoms with E-state index in [9.17, 15) is 27.6 Å². The first-order valence-corrected chi connectivity index (χ1v) is 8.79. The van der Waals surface area contributed by atoms with Crippen molar-refractivity contribution in [2.24, 2.45) is 11.7 Å². The van der Waals surface area contributed by atoms with Gasteiger partial charge in [-0.3, -0.25) is 14.4 Å². The zero-order valence-corrected chi connectivity index (χ0v) is 15.1. The average Bonchev–Trinajstić information content (AvgIpc) is 3.07. The van der Waals surface area contributed by atoms with Gasteiger partial charge in [0.1, 0.15) is 6.04 Å². The molecule has 152 valence electrons. The fourth-order valence-electron chi connectivity index (χ4n) is 3.21. The van der Waals surface area contributed by atoms with Gasteiger partial charge in [0.05, 0.1) is 11.5 Å². The third kappa shape index (κ3) is 4.56. The highest BCUT2D eigenvalue weighted by Crippen LogP contribution is 2.33. The second-order valence-electron chi connectivity index (χ2n) is 6.71. The van der Waals surface area contributed by atoms with E-state index in [-0.39, 0.29) is 18.7 Å². The molecule has 2 aromatic carbocycles. The number of nitrogens with one attached hydrogen (secondary N) is 1. The van der Waals surface area contributed by atoms with E-state index >= 15 is 0 Å². The highest BCUT2D eigenvalue weighted by atomic mass is 19.4. The van der Waals surface area contributed by atoms with E-state index < -0.39 is 41.4 Å². The van der Waals surface area contributed by atoms with Gasteiger partial charge in [-0.2, -0.15) is 13.2 Å². The van der Waals surface area contributed by atoms with Crippen molar-refractivity contribution in [2.75, 3.05) is 11.4 Å². The Morgan fingerprint density at radius 1 is 1.10 bits per heavy atom. The first kappa shape index (κ1) is 20.4. The summed E-state index contributed by atoms with van der Waals surface area (Å²) in [4.78, 5) is 37.8. The second kappa shape index (κ2) is 7.94. The molecule has 29 heavy (non-hydrogen) atoms. The van der Waals surface area contributed by atoms with E-state index in [1.54, 1.807) is 30.3 Å². The Balaban J connectivity index is 1.74. The minimum atomic E-state index is -4.54. The van der Waals surface area contributed by atoms with Crippen LogP contribution in [0.5, 0.6) is 0 Å². The highest BCUT2D eigenvalue weighted by Gasteiger charge is 2.38. The lowest BCUT2D eigenvalue weighted by molar-refractivity contribution is -0.137.